The van der Waals surface area contributed by atoms with Crippen LogP contribution in [0, 0.1) is 0 Å². The fourth-order valence-corrected chi connectivity index (χ4v) is 9.78. The maximum atomic E-state index is 2.35. The van der Waals surface area contributed by atoms with E-state index in [4.69, 9.17) is 0 Å². The molecular formula is C18H24HgN2. The van der Waals surface area contributed by atoms with Gasteiger partial charge in [0.2, 0.25) is 0 Å². The number of nitrogens with zero attached hydrogens (tertiary/aromatic N) is 2. The number of hydrogen-bond acceptors (Lipinski definition) is 2. The summed E-state index contributed by atoms with van der Waals surface area (Å²) in [7, 11) is 8.59. The van der Waals surface area contributed by atoms with Crippen molar-refractivity contribution in [2.75, 3.05) is 28.2 Å². The van der Waals surface area contributed by atoms with Gasteiger partial charge in [-0.1, -0.05) is 0 Å². The molecule has 108 valence electrons. The Labute approximate surface area is 141 Å². The Morgan fingerprint density at radius 1 is 0.667 bits per heavy atom. The van der Waals surface area contributed by atoms with E-state index in [1.165, 1.54) is 11.1 Å². The molecule has 21 heavy (non-hydrogen) atoms. The molecule has 2 aromatic carbocycles. The molecule has 0 saturated carbocycles. The predicted octanol–water partition coefficient (Wildman–Crippen LogP) is 1.84. The second kappa shape index (κ2) is 8.07. The average Bonchev–Trinajstić information content (AvgIpc) is 2.42. The van der Waals surface area contributed by atoms with Crippen LogP contribution in [0.4, 0.5) is 0 Å². The van der Waals surface area contributed by atoms with Gasteiger partial charge < -0.3 is 0 Å². The molecule has 0 heterocycles. The molecular weight excluding hydrogens is 445 g/mol. The average molecular weight is 469 g/mol. The van der Waals surface area contributed by atoms with Crippen molar-refractivity contribution in [3.05, 3.63) is 59.7 Å². The van der Waals surface area contributed by atoms with Gasteiger partial charge in [-0.2, -0.15) is 0 Å². The first-order valence-corrected chi connectivity index (χ1v) is 13.0. The Morgan fingerprint density at radius 3 is 1.43 bits per heavy atom. The minimum absolute atomic E-state index is 1.05. The van der Waals surface area contributed by atoms with Gasteiger partial charge in [-0.3, -0.25) is 0 Å². The molecule has 0 aliphatic rings. The van der Waals surface area contributed by atoms with Crippen LogP contribution in [0.5, 0.6) is 0 Å². The third-order valence-electron chi connectivity index (χ3n) is 3.59. The van der Waals surface area contributed by atoms with Crippen LogP contribution in [0.15, 0.2) is 48.5 Å². The normalized spacial score (nSPS) is 11.0. The number of hydrogen-bond donors (Lipinski definition) is 0. The Balaban J connectivity index is 2.26. The van der Waals surface area contributed by atoms with Gasteiger partial charge in [0.1, 0.15) is 0 Å². The van der Waals surface area contributed by atoms with Crippen molar-refractivity contribution in [1.29, 1.82) is 0 Å². The molecule has 0 aromatic heterocycles. The molecule has 0 aliphatic heterocycles. The molecule has 0 amide bonds. The molecule has 0 radical (unpaired) electrons. The molecule has 0 unspecified atom stereocenters. The Bertz CT molecular complexity index is 527. The van der Waals surface area contributed by atoms with Gasteiger partial charge >= 0.3 is 141 Å². The van der Waals surface area contributed by atoms with E-state index < -0.39 is 24.6 Å². The van der Waals surface area contributed by atoms with Crippen molar-refractivity contribution in [3.8, 4) is 0 Å². The molecule has 0 bridgehead atoms. The molecule has 2 rings (SSSR count). The van der Waals surface area contributed by atoms with E-state index in [1.54, 1.807) is 6.14 Å². The molecule has 3 heteroatoms. The third-order valence-corrected chi connectivity index (χ3v) is 11.9. The van der Waals surface area contributed by atoms with Crippen LogP contribution in [0.2, 0.25) is 0 Å². The second-order valence-electron chi connectivity index (χ2n) is 6.19. The van der Waals surface area contributed by atoms with Crippen molar-refractivity contribution in [2.45, 2.75) is 13.1 Å². The summed E-state index contributed by atoms with van der Waals surface area (Å²) in [5, 5.41) is 0. The van der Waals surface area contributed by atoms with Crippen LogP contribution in [0.3, 0.4) is 0 Å². The monoisotopic (exact) mass is 470 g/mol. The standard InChI is InChI=1S/2C9H12N.Hg/c2*1-10(2)8-9-6-4-3-5-7-9;/h2*3-6H,8H2,1-2H3;. The maximum absolute atomic E-state index is 2.35. The first-order valence-electron chi connectivity index (χ1n) is 7.49. The van der Waals surface area contributed by atoms with Crippen molar-refractivity contribution >= 4 is 6.14 Å². The first-order chi connectivity index (χ1) is 10.1. The van der Waals surface area contributed by atoms with Crippen molar-refractivity contribution < 1.29 is 24.6 Å². The summed E-state index contributed by atoms with van der Waals surface area (Å²) in [6.07, 6.45) is 0. The zero-order valence-corrected chi connectivity index (χ0v) is 19.1. The summed E-state index contributed by atoms with van der Waals surface area (Å²) in [5.74, 6) is 0. The van der Waals surface area contributed by atoms with E-state index in [-0.39, 0.29) is 0 Å². The van der Waals surface area contributed by atoms with E-state index >= 15 is 0 Å². The predicted molar refractivity (Wildman–Crippen MR) is 86.9 cm³/mol. The van der Waals surface area contributed by atoms with Crippen LogP contribution in [0.1, 0.15) is 11.1 Å². The van der Waals surface area contributed by atoms with Gasteiger partial charge in [-0.05, 0) is 0 Å². The first kappa shape index (κ1) is 16.7. The van der Waals surface area contributed by atoms with Gasteiger partial charge in [0.05, 0.1) is 0 Å². The van der Waals surface area contributed by atoms with Gasteiger partial charge in [0.25, 0.3) is 0 Å². The van der Waals surface area contributed by atoms with Crippen molar-refractivity contribution in [3.63, 3.8) is 0 Å². The zero-order chi connectivity index (χ0) is 15.2. The molecule has 2 nitrogen and oxygen atoms in total. The summed E-state index contributed by atoms with van der Waals surface area (Å²) in [6, 6.07) is 18.0. The number of benzene rings is 2. The van der Waals surface area contributed by atoms with Gasteiger partial charge in [0, 0.05) is 0 Å². The quantitative estimate of drug-likeness (QED) is 0.597. The van der Waals surface area contributed by atoms with E-state index in [1.807, 2.05) is 0 Å². The summed E-state index contributed by atoms with van der Waals surface area (Å²) >= 11 is -1.29. The zero-order valence-electron chi connectivity index (χ0n) is 13.6. The van der Waals surface area contributed by atoms with Crippen LogP contribution in [-0.4, -0.2) is 38.0 Å². The SMILES string of the molecule is CN(C)Cc1cccc[c]1[Hg][c]1ccccc1CN(C)C. The minimum atomic E-state index is -1.29. The van der Waals surface area contributed by atoms with Crippen LogP contribution >= 0.6 is 0 Å². The van der Waals surface area contributed by atoms with Crippen LogP contribution in [-0.2, 0) is 37.7 Å². The van der Waals surface area contributed by atoms with Gasteiger partial charge in [-0.15, -0.1) is 0 Å². The molecule has 0 spiro atoms. The Hall–Kier alpha value is -0.705. The molecule has 0 fully saturated rings. The summed E-state index contributed by atoms with van der Waals surface area (Å²) in [4.78, 5) is 4.52. The fourth-order valence-electron chi connectivity index (χ4n) is 2.65. The van der Waals surface area contributed by atoms with Crippen molar-refractivity contribution in [2.24, 2.45) is 0 Å². The third kappa shape index (κ3) is 5.21. The Morgan fingerprint density at radius 2 is 1.05 bits per heavy atom. The number of rotatable bonds is 6. The van der Waals surface area contributed by atoms with E-state index in [9.17, 15) is 0 Å². The molecule has 0 saturated heterocycles. The van der Waals surface area contributed by atoms with Gasteiger partial charge in [0.15, 0.2) is 0 Å². The summed E-state index contributed by atoms with van der Waals surface area (Å²) < 4.78 is 3.30. The summed E-state index contributed by atoms with van der Waals surface area (Å²) in [5.41, 5.74) is 3.03. The van der Waals surface area contributed by atoms with E-state index in [0.29, 0.717) is 0 Å². The molecule has 0 N–H and O–H groups in total. The van der Waals surface area contributed by atoms with Gasteiger partial charge in [-0.25, -0.2) is 0 Å². The molecule has 2 aromatic rings. The second-order valence-corrected chi connectivity index (χ2v) is 13.5. The molecule has 0 aliphatic carbocycles. The Kier molecular flexibility index (Phi) is 6.40. The topological polar surface area (TPSA) is 6.48 Å². The summed E-state index contributed by atoms with van der Waals surface area (Å²) in [6.45, 7) is 2.10. The van der Waals surface area contributed by atoms with E-state index in [2.05, 4.69) is 86.5 Å². The van der Waals surface area contributed by atoms with Crippen LogP contribution < -0.4 is 6.14 Å². The van der Waals surface area contributed by atoms with E-state index in [0.717, 1.165) is 13.1 Å². The van der Waals surface area contributed by atoms with Crippen molar-refractivity contribution in [1.82, 2.24) is 9.80 Å². The fraction of sp³-hybridized carbons (Fsp3) is 0.333. The molecule has 0 atom stereocenters. The van der Waals surface area contributed by atoms with Crippen LogP contribution in [0.25, 0.3) is 0 Å².